The maximum atomic E-state index is 10.8. The summed E-state index contributed by atoms with van der Waals surface area (Å²) in [5, 5.41) is 8.91. The van der Waals surface area contributed by atoms with E-state index in [4.69, 9.17) is 5.11 Å². The molecule has 11 heavy (non-hydrogen) atoms. The van der Waals surface area contributed by atoms with Gasteiger partial charge in [0.2, 0.25) is 0 Å². The van der Waals surface area contributed by atoms with Gasteiger partial charge in [0.15, 0.2) is 0 Å². The van der Waals surface area contributed by atoms with Crippen LogP contribution in [0.25, 0.3) is 0 Å². The number of carboxylic acids is 1. The highest BCUT2D eigenvalue weighted by atomic mass is 16.4. The summed E-state index contributed by atoms with van der Waals surface area (Å²) in [7, 11) is 0. The van der Waals surface area contributed by atoms with Crippen molar-refractivity contribution >= 4 is 5.97 Å². The molecule has 62 valence electrons. The van der Waals surface area contributed by atoms with E-state index < -0.39 is 5.97 Å². The summed E-state index contributed by atoms with van der Waals surface area (Å²) < 4.78 is 0. The van der Waals surface area contributed by atoms with E-state index in [0.29, 0.717) is 11.8 Å². The van der Waals surface area contributed by atoms with Crippen LogP contribution in [0, 0.1) is 23.7 Å². The van der Waals surface area contributed by atoms with Crippen molar-refractivity contribution in [2.75, 3.05) is 0 Å². The lowest BCUT2D eigenvalue weighted by Crippen LogP contribution is -2.27. The van der Waals surface area contributed by atoms with Crippen LogP contribution >= 0.6 is 0 Å². The molecule has 2 fully saturated rings. The molecule has 2 nitrogen and oxygen atoms in total. The SMILES string of the molecule is CC1C2CCC(C2)[C@H]1C(=O)O. The molecule has 2 heteroatoms. The molecule has 0 amide bonds. The van der Waals surface area contributed by atoms with Gasteiger partial charge in [-0.2, -0.15) is 0 Å². The van der Waals surface area contributed by atoms with Crippen LogP contribution in [0.4, 0.5) is 0 Å². The van der Waals surface area contributed by atoms with Crippen molar-refractivity contribution < 1.29 is 9.90 Å². The van der Waals surface area contributed by atoms with Crippen molar-refractivity contribution in [1.29, 1.82) is 0 Å². The first kappa shape index (κ1) is 7.14. The molecular weight excluding hydrogens is 140 g/mol. The molecule has 0 aromatic heterocycles. The van der Waals surface area contributed by atoms with Gasteiger partial charge >= 0.3 is 5.97 Å². The van der Waals surface area contributed by atoms with Crippen LogP contribution in [-0.4, -0.2) is 11.1 Å². The first-order valence-electron chi connectivity index (χ1n) is 4.43. The fourth-order valence-electron chi connectivity index (χ4n) is 3.01. The summed E-state index contributed by atoms with van der Waals surface area (Å²) in [4.78, 5) is 10.8. The maximum absolute atomic E-state index is 10.8. The van der Waals surface area contributed by atoms with Crippen LogP contribution in [0.2, 0.25) is 0 Å². The van der Waals surface area contributed by atoms with Gasteiger partial charge in [-0.05, 0) is 37.0 Å². The highest BCUT2D eigenvalue weighted by Gasteiger charge is 2.48. The lowest BCUT2D eigenvalue weighted by Gasteiger charge is -2.24. The van der Waals surface area contributed by atoms with Crippen molar-refractivity contribution in [1.82, 2.24) is 0 Å². The van der Waals surface area contributed by atoms with Crippen molar-refractivity contribution in [3.05, 3.63) is 0 Å². The predicted octanol–water partition coefficient (Wildman–Crippen LogP) is 1.75. The van der Waals surface area contributed by atoms with E-state index in [1.165, 1.54) is 12.8 Å². The molecule has 0 aromatic carbocycles. The molecule has 3 unspecified atom stereocenters. The van der Waals surface area contributed by atoms with Crippen LogP contribution in [0.5, 0.6) is 0 Å². The Morgan fingerprint density at radius 2 is 2.00 bits per heavy atom. The normalized spacial score (nSPS) is 48.1. The Bertz CT molecular complexity index is 186. The zero-order valence-electron chi connectivity index (χ0n) is 6.79. The van der Waals surface area contributed by atoms with E-state index in [-0.39, 0.29) is 5.92 Å². The lowest BCUT2D eigenvalue weighted by atomic mass is 9.81. The second-order valence-corrected chi connectivity index (χ2v) is 4.06. The van der Waals surface area contributed by atoms with Gasteiger partial charge in [-0.1, -0.05) is 6.92 Å². The van der Waals surface area contributed by atoms with Gasteiger partial charge in [0.05, 0.1) is 5.92 Å². The quantitative estimate of drug-likeness (QED) is 0.624. The fourth-order valence-corrected chi connectivity index (χ4v) is 3.01. The van der Waals surface area contributed by atoms with Gasteiger partial charge < -0.3 is 5.11 Å². The summed E-state index contributed by atoms with van der Waals surface area (Å²) in [5.41, 5.74) is 0. The number of fused-ring (bicyclic) bond motifs is 2. The zero-order valence-corrected chi connectivity index (χ0v) is 6.79. The van der Waals surface area contributed by atoms with E-state index in [1.54, 1.807) is 0 Å². The lowest BCUT2D eigenvalue weighted by molar-refractivity contribution is -0.145. The Balaban J connectivity index is 2.17. The Labute approximate surface area is 66.6 Å². The molecule has 0 heterocycles. The van der Waals surface area contributed by atoms with Gasteiger partial charge in [-0.3, -0.25) is 4.79 Å². The van der Waals surface area contributed by atoms with E-state index >= 15 is 0 Å². The molecule has 2 saturated carbocycles. The molecule has 2 bridgehead atoms. The van der Waals surface area contributed by atoms with Gasteiger partial charge in [-0.25, -0.2) is 0 Å². The molecule has 0 saturated heterocycles. The highest BCUT2D eigenvalue weighted by Crippen LogP contribution is 2.51. The van der Waals surface area contributed by atoms with Crippen LogP contribution in [-0.2, 0) is 4.79 Å². The van der Waals surface area contributed by atoms with Gasteiger partial charge in [-0.15, -0.1) is 0 Å². The maximum Gasteiger partial charge on any atom is 0.307 e. The van der Waals surface area contributed by atoms with Gasteiger partial charge in [0.1, 0.15) is 0 Å². The van der Waals surface area contributed by atoms with Crippen LogP contribution in [0.1, 0.15) is 26.2 Å². The Hall–Kier alpha value is -0.530. The molecule has 2 aliphatic carbocycles. The largest absolute Gasteiger partial charge is 0.481 e. The van der Waals surface area contributed by atoms with E-state index in [2.05, 4.69) is 6.92 Å². The standard InChI is InChI=1S/C9H14O2/c1-5-6-2-3-7(4-6)8(5)9(10)11/h5-8H,2-4H2,1H3,(H,10,11)/t5?,6?,7?,8-/m0/s1. The number of rotatable bonds is 1. The average molecular weight is 154 g/mol. The van der Waals surface area contributed by atoms with Gasteiger partial charge in [0, 0.05) is 0 Å². The second-order valence-electron chi connectivity index (χ2n) is 4.06. The monoisotopic (exact) mass is 154 g/mol. The van der Waals surface area contributed by atoms with Crippen LogP contribution in [0.15, 0.2) is 0 Å². The molecule has 1 N–H and O–H groups in total. The summed E-state index contributed by atoms with van der Waals surface area (Å²) in [5.74, 6) is 1.08. The first-order valence-corrected chi connectivity index (χ1v) is 4.43. The van der Waals surface area contributed by atoms with Crippen LogP contribution in [0.3, 0.4) is 0 Å². The number of hydrogen-bond donors (Lipinski definition) is 1. The summed E-state index contributed by atoms with van der Waals surface area (Å²) in [6.07, 6.45) is 3.61. The number of hydrogen-bond acceptors (Lipinski definition) is 1. The molecule has 0 radical (unpaired) electrons. The average Bonchev–Trinajstić information content (AvgIpc) is 2.44. The van der Waals surface area contributed by atoms with Gasteiger partial charge in [0.25, 0.3) is 0 Å². The molecular formula is C9H14O2. The molecule has 0 aromatic rings. The van der Waals surface area contributed by atoms with E-state index in [9.17, 15) is 4.79 Å². The zero-order chi connectivity index (χ0) is 8.01. The van der Waals surface area contributed by atoms with Crippen molar-refractivity contribution in [2.24, 2.45) is 23.7 Å². The van der Waals surface area contributed by atoms with E-state index in [1.807, 2.05) is 0 Å². The smallest absolute Gasteiger partial charge is 0.307 e. The number of carbonyl (C=O) groups is 1. The molecule has 4 atom stereocenters. The number of carboxylic acid groups (broad SMARTS) is 1. The molecule has 2 aliphatic rings. The summed E-state index contributed by atoms with van der Waals surface area (Å²) >= 11 is 0. The Morgan fingerprint density at radius 1 is 1.36 bits per heavy atom. The second kappa shape index (κ2) is 2.23. The minimum Gasteiger partial charge on any atom is -0.481 e. The Morgan fingerprint density at radius 3 is 2.36 bits per heavy atom. The van der Waals surface area contributed by atoms with E-state index in [0.717, 1.165) is 12.3 Å². The van der Waals surface area contributed by atoms with Crippen molar-refractivity contribution in [3.63, 3.8) is 0 Å². The third kappa shape index (κ3) is 0.883. The minimum atomic E-state index is -0.565. The predicted molar refractivity (Wildman–Crippen MR) is 41.1 cm³/mol. The third-order valence-corrected chi connectivity index (χ3v) is 3.62. The summed E-state index contributed by atoms with van der Waals surface area (Å²) in [6, 6.07) is 0. The van der Waals surface area contributed by atoms with Crippen molar-refractivity contribution in [2.45, 2.75) is 26.2 Å². The molecule has 0 aliphatic heterocycles. The molecule has 0 spiro atoms. The topological polar surface area (TPSA) is 37.3 Å². The molecule has 2 rings (SSSR count). The fraction of sp³-hybridized carbons (Fsp3) is 0.889. The third-order valence-electron chi connectivity index (χ3n) is 3.62. The first-order chi connectivity index (χ1) is 5.20. The van der Waals surface area contributed by atoms with Crippen LogP contribution < -0.4 is 0 Å². The highest BCUT2D eigenvalue weighted by molar-refractivity contribution is 5.71. The number of aliphatic carboxylic acids is 1. The summed E-state index contributed by atoms with van der Waals surface area (Å²) in [6.45, 7) is 2.10. The Kier molecular flexibility index (Phi) is 1.44. The minimum absolute atomic E-state index is 0.0197. The van der Waals surface area contributed by atoms with Crippen molar-refractivity contribution in [3.8, 4) is 0 Å².